The van der Waals surface area contributed by atoms with Crippen LogP contribution in [0.3, 0.4) is 0 Å². The van der Waals surface area contributed by atoms with Crippen LogP contribution in [0.5, 0.6) is 0 Å². The number of carbonyl (C=O) groups excluding carboxylic acids is 1. The van der Waals surface area contributed by atoms with E-state index in [1.165, 1.54) is 24.4 Å². The zero-order chi connectivity index (χ0) is 21.3. The summed E-state index contributed by atoms with van der Waals surface area (Å²) in [6.07, 6.45) is 5.63. The minimum absolute atomic E-state index is 0.0208. The highest BCUT2D eigenvalue weighted by molar-refractivity contribution is 7.90. The first kappa shape index (κ1) is 20.9. The number of nitrogens with one attached hydrogen (secondary N) is 1. The van der Waals surface area contributed by atoms with Gasteiger partial charge in [-0.2, -0.15) is 0 Å². The summed E-state index contributed by atoms with van der Waals surface area (Å²) in [5.74, 6) is -1.37. The Morgan fingerprint density at radius 2 is 1.87 bits per heavy atom. The van der Waals surface area contributed by atoms with Crippen LogP contribution in [0.15, 0.2) is 53.6 Å². The minimum atomic E-state index is -3.90. The molecule has 3 aromatic rings. The molecule has 8 heteroatoms. The van der Waals surface area contributed by atoms with Crippen LogP contribution in [0.4, 0.5) is 4.39 Å². The molecule has 0 atom stereocenters. The molecule has 1 aliphatic carbocycles. The second-order valence-corrected chi connectivity index (χ2v) is 10.0. The van der Waals surface area contributed by atoms with Gasteiger partial charge in [0.25, 0.3) is 0 Å². The van der Waals surface area contributed by atoms with Crippen LogP contribution in [0.1, 0.15) is 31.2 Å². The Hall–Kier alpha value is -2.38. The Morgan fingerprint density at radius 1 is 1.13 bits per heavy atom. The maximum atomic E-state index is 14.2. The molecule has 2 aromatic carbocycles. The maximum absolute atomic E-state index is 14.2. The van der Waals surface area contributed by atoms with Crippen LogP contribution >= 0.6 is 11.6 Å². The van der Waals surface area contributed by atoms with Gasteiger partial charge < -0.3 is 9.88 Å². The molecule has 5 nitrogen and oxygen atoms in total. The molecule has 1 amide bonds. The van der Waals surface area contributed by atoms with Crippen molar-refractivity contribution in [1.82, 2.24) is 9.88 Å². The third-order valence-corrected chi connectivity index (χ3v) is 7.54. The number of rotatable bonds is 6. The van der Waals surface area contributed by atoms with E-state index in [-0.39, 0.29) is 34.0 Å². The highest BCUT2D eigenvalue weighted by Crippen LogP contribution is 2.30. The number of nitrogens with zero attached hydrogens (tertiary/aromatic N) is 1. The quantitative estimate of drug-likeness (QED) is 0.605. The number of fused-ring (bicyclic) bond motifs is 1. The molecule has 1 heterocycles. The van der Waals surface area contributed by atoms with Gasteiger partial charge in [0, 0.05) is 33.7 Å². The van der Waals surface area contributed by atoms with Crippen LogP contribution in [-0.2, 0) is 26.9 Å². The fourth-order valence-corrected chi connectivity index (χ4v) is 5.96. The fraction of sp³-hybridized carbons (Fsp3) is 0.318. The molecular weight excluding hydrogens is 427 g/mol. The standard InChI is InChI=1S/C22H22ClFN2O3S/c23-18-9-5-10-19(24)17(18)14-30(28,29)21-12-26(20-11-4-3-8-16(20)21)13-22(27)25-15-6-1-2-7-15/h3-5,8-12,15H,1-2,6-7,13-14H2,(H,25,27). The van der Waals surface area contributed by atoms with Gasteiger partial charge in [-0.05, 0) is 31.0 Å². The molecule has 30 heavy (non-hydrogen) atoms. The lowest BCUT2D eigenvalue weighted by Gasteiger charge is -2.12. The first-order valence-electron chi connectivity index (χ1n) is 9.88. The van der Waals surface area contributed by atoms with Crippen molar-refractivity contribution in [1.29, 1.82) is 0 Å². The molecule has 1 aliphatic rings. The van der Waals surface area contributed by atoms with E-state index < -0.39 is 21.4 Å². The van der Waals surface area contributed by atoms with E-state index in [9.17, 15) is 17.6 Å². The van der Waals surface area contributed by atoms with Crippen LogP contribution in [-0.4, -0.2) is 24.9 Å². The van der Waals surface area contributed by atoms with Gasteiger partial charge in [-0.3, -0.25) is 4.79 Å². The number of hydrogen-bond donors (Lipinski definition) is 1. The number of carbonyl (C=O) groups is 1. The predicted octanol–water partition coefficient (Wildman–Crippen LogP) is 4.47. The third kappa shape index (κ3) is 4.23. The van der Waals surface area contributed by atoms with Gasteiger partial charge in [0.1, 0.15) is 12.4 Å². The minimum Gasteiger partial charge on any atom is -0.352 e. The molecule has 1 aromatic heterocycles. The highest BCUT2D eigenvalue weighted by atomic mass is 35.5. The van der Waals surface area contributed by atoms with Crippen molar-refractivity contribution in [2.24, 2.45) is 0 Å². The third-order valence-electron chi connectivity index (χ3n) is 5.52. The number of sulfone groups is 1. The van der Waals surface area contributed by atoms with Gasteiger partial charge in [-0.25, -0.2) is 12.8 Å². The van der Waals surface area contributed by atoms with E-state index in [4.69, 9.17) is 11.6 Å². The van der Waals surface area contributed by atoms with Crippen molar-refractivity contribution in [2.45, 2.75) is 48.9 Å². The zero-order valence-corrected chi connectivity index (χ0v) is 17.8. The van der Waals surface area contributed by atoms with E-state index in [2.05, 4.69) is 5.32 Å². The Bertz CT molecular complexity index is 1180. The normalized spacial score (nSPS) is 15.0. The number of para-hydroxylation sites is 1. The van der Waals surface area contributed by atoms with E-state index in [1.807, 2.05) is 0 Å². The van der Waals surface area contributed by atoms with E-state index >= 15 is 0 Å². The molecule has 0 aliphatic heterocycles. The van der Waals surface area contributed by atoms with Gasteiger partial charge in [0.2, 0.25) is 5.91 Å². The molecule has 1 saturated carbocycles. The lowest BCUT2D eigenvalue weighted by atomic mass is 10.2. The summed E-state index contributed by atoms with van der Waals surface area (Å²) >= 11 is 6.03. The van der Waals surface area contributed by atoms with E-state index in [0.29, 0.717) is 10.9 Å². The number of halogens is 2. The fourth-order valence-electron chi connectivity index (χ4n) is 4.03. The first-order chi connectivity index (χ1) is 14.3. The lowest BCUT2D eigenvalue weighted by Crippen LogP contribution is -2.35. The molecule has 1 N–H and O–H groups in total. The Morgan fingerprint density at radius 3 is 2.60 bits per heavy atom. The van der Waals surface area contributed by atoms with Crippen LogP contribution in [0.2, 0.25) is 5.02 Å². The molecule has 0 saturated heterocycles. The molecule has 158 valence electrons. The molecule has 4 rings (SSSR count). The Balaban J connectivity index is 1.66. The Labute approximate surface area is 179 Å². The summed E-state index contributed by atoms with van der Waals surface area (Å²) in [4.78, 5) is 12.6. The van der Waals surface area contributed by atoms with Gasteiger partial charge in [-0.1, -0.05) is 48.7 Å². The smallest absolute Gasteiger partial charge is 0.240 e. The van der Waals surface area contributed by atoms with Gasteiger partial charge >= 0.3 is 0 Å². The van der Waals surface area contributed by atoms with E-state index in [0.717, 1.165) is 25.7 Å². The second-order valence-electron chi connectivity index (χ2n) is 7.65. The van der Waals surface area contributed by atoms with Crippen molar-refractivity contribution in [3.8, 4) is 0 Å². The summed E-state index contributed by atoms with van der Waals surface area (Å²) in [5.41, 5.74) is 0.576. The van der Waals surface area contributed by atoms with Crippen molar-refractivity contribution < 1.29 is 17.6 Å². The van der Waals surface area contributed by atoms with Gasteiger partial charge in [0.15, 0.2) is 9.84 Å². The summed E-state index contributed by atoms with van der Waals surface area (Å²) < 4.78 is 42.1. The lowest BCUT2D eigenvalue weighted by molar-refractivity contribution is -0.122. The summed E-state index contributed by atoms with van der Waals surface area (Å²) in [6, 6.07) is 11.3. The first-order valence-corrected chi connectivity index (χ1v) is 11.9. The summed E-state index contributed by atoms with van der Waals surface area (Å²) in [5, 5.41) is 3.59. The van der Waals surface area contributed by atoms with Crippen LogP contribution in [0, 0.1) is 5.82 Å². The average molecular weight is 449 g/mol. The molecule has 0 spiro atoms. The van der Waals surface area contributed by atoms with E-state index in [1.54, 1.807) is 28.8 Å². The van der Waals surface area contributed by atoms with Crippen molar-refractivity contribution in [3.63, 3.8) is 0 Å². The van der Waals surface area contributed by atoms with Crippen molar-refractivity contribution >= 4 is 38.2 Å². The number of amides is 1. The summed E-state index contributed by atoms with van der Waals surface area (Å²) in [6.45, 7) is 0.0208. The molecule has 1 fully saturated rings. The monoisotopic (exact) mass is 448 g/mol. The number of aromatic nitrogens is 1. The topological polar surface area (TPSA) is 68.2 Å². The largest absolute Gasteiger partial charge is 0.352 e. The predicted molar refractivity (Wildman–Crippen MR) is 115 cm³/mol. The van der Waals surface area contributed by atoms with Crippen molar-refractivity contribution in [3.05, 3.63) is 65.1 Å². The molecular formula is C22H22ClFN2O3S. The molecule has 0 radical (unpaired) electrons. The van der Waals surface area contributed by atoms with Gasteiger partial charge in [0.05, 0.1) is 10.6 Å². The second kappa shape index (κ2) is 8.40. The molecule has 0 unspecified atom stereocenters. The van der Waals surface area contributed by atoms with Gasteiger partial charge in [-0.15, -0.1) is 0 Å². The average Bonchev–Trinajstić information content (AvgIpc) is 3.33. The summed E-state index contributed by atoms with van der Waals surface area (Å²) in [7, 11) is -3.90. The highest BCUT2D eigenvalue weighted by Gasteiger charge is 2.25. The maximum Gasteiger partial charge on any atom is 0.240 e. The van der Waals surface area contributed by atoms with Crippen LogP contribution in [0.25, 0.3) is 10.9 Å². The Kier molecular flexibility index (Phi) is 5.84. The number of hydrogen-bond acceptors (Lipinski definition) is 3. The number of benzene rings is 2. The van der Waals surface area contributed by atoms with Crippen LogP contribution < -0.4 is 5.32 Å². The SMILES string of the molecule is O=C(Cn1cc(S(=O)(=O)Cc2c(F)cccc2Cl)c2ccccc21)NC1CCCC1. The van der Waals surface area contributed by atoms with Crippen molar-refractivity contribution in [2.75, 3.05) is 0 Å². The zero-order valence-electron chi connectivity index (χ0n) is 16.3. The molecule has 0 bridgehead atoms.